The van der Waals surface area contributed by atoms with Gasteiger partial charge in [0.1, 0.15) is 6.04 Å². The minimum Gasteiger partial charge on any atom is -0.465 e. The first-order valence-corrected chi connectivity index (χ1v) is 7.60. The molecule has 0 bridgehead atoms. The Kier molecular flexibility index (Phi) is 7.10. The topological polar surface area (TPSA) is 125 Å². The van der Waals surface area contributed by atoms with Crippen molar-refractivity contribution < 1.29 is 19.5 Å². The molecule has 22 heavy (non-hydrogen) atoms. The second-order valence-electron chi connectivity index (χ2n) is 6.07. The summed E-state index contributed by atoms with van der Waals surface area (Å²) in [5, 5.41) is 14.9. The van der Waals surface area contributed by atoms with E-state index in [-0.39, 0.29) is 18.5 Å². The van der Waals surface area contributed by atoms with Crippen molar-refractivity contribution in [3.05, 3.63) is 0 Å². The number of carbonyl (C=O) groups excluding carboxylic acids is 2. The van der Waals surface area contributed by atoms with Crippen LogP contribution in [0.3, 0.4) is 0 Å². The number of carbonyl (C=O) groups is 3. The van der Waals surface area contributed by atoms with Crippen molar-refractivity contribution in [2.24, 2.45) is 11.7 Å². The Labute approximate surface area is 130 Å². The number of amides is 3. The zero-order valence-electron chi connectivity index (χ0n) is 13.2. The van der Waals surface area contributed by atoms with Gasteiger partial charge in [0.15, 0.2) is 0 Å². The van der Waals surface area contributed by atoms with Gasteiger partial charge in [-0.3, -0.25) is 14.5 Å². The molecule has 0 unspecified atom stereocenters. The van der Waals surface area contributed by atoms with Crippen molar-refractivity contribution in [1.82, 2.24) is 15.5 Å². The molecule has 1 aliphatic heterocycles. The average molecular weight is 314 g/mol. The van der Waals surface area contributed by atoms with Gasteiger partial charge in [-0.25, -0.2) is 4.79 Å². The highest BCUT2D eigenvalue weighted by molar-refractivity contribution is 5.86. The van der Waals surface area contributed by atoms with Crippen molar-refractivity contribution in [2.75, 3.05) is 19.6 Å². The van der Waals surface area contributed by atoms with Crippen molar-refractivity contribution in [1.29, 1.82) is 0 Å². The molecule has 1 heterocycles. The lowest BCUT2D eigenvalue weighted by Crippen LogP contribution is -2.51. The monoisotopic (exact) mass is 314 g/mol. The van der Waals surface area contributed by atoms with E-state index in [0.717, 1.165) is 6.42 Å². The smallest absolute Gasteiger partial charge is 0.407 e. The van der Waals surface area contributed by atoms with Gasteiger partial charge in [0.25, 0.3) is 0 Å². The molecule has 0 radical (unpaired) electrons. The van der Waals surface area contributed by atoms with E-state index in [9.17, 15) is 14.4 Å². The molecule has 1 fully saturated rings. The first kappa shape index (κ1) is 18.2. The minimum atomic E-state index is -1.06. The molecule has 0 aromatic rings. The predicted octanol–water partition coefficient (Wildman–Crippen LogP) is -0.265. The SMILES string of the molecule is CC(C)C[C@@H](CNCC(N)=O)NC(=O)[C@@H]1CCCN1C(=O)O. The van der Waals surface area contributed by atoms with E-state index < -0.39 is 18.0 Å². The predicted molar refractivity (Wildman–Crippen MR) is 81.2 cm³/mol. The molecule has 2 atom stereocenters. The van der Waals surface area contributed by atoms with E-state index in [4.69, 9.17) is 10.8 Å². The van der Waals surface area contributed by atoms with E-state index in [0.29, 0.717) is 31.8 Å². The van der Waals surface area contributed by atoms with Gasteiger partial charge < -0.3 is 21.5 Å². The van der Waals surface area contributed by atoms with Crippen LogP contribution in [-0.2, 0) is 9.59 Å². The molecule has 1 rings (SSSR count). The fourth-order valence-electron chi connectivity index (χ4n) is 2.70. The van der Waals surface area contributed by atoms with Crippen LogP contribution in [0.2, 0.25) is 0 Å². The van der Waals surface area contributed by atoms with Crippen LogP contribution in [0, 0.1) is 5.92 Å². The number of primary amides is 1. The molecule has 8 heteroatoms. The molecule has 0 aliphatic carbocycles. The van der Waals surface area contributed by atoms with Gasteiger partial charge in [-0.15, -0.1) is 0 Å². The fraction of sp³-hybridized carbons (Fsp3) is 0.786. The summed E-state index contributed by atoms with van der Waals surface area (Å²) in [6.07, 6.45) is 0.905. The molecular weight excluding hydrogens is 288 g/mol. The van der Waals surface area contributed by atoms with Crippen LogP contribution in [-0.4, -0.2) is 59.6 Å². The fourth-order valence-corrected chi connectivity index (χ4v) is 2.70. The van der Waals surface area contributed by atoms with Gasteiger partial charge in [0.05, 0.1) is 6.54 Å². The molecule has 1 aliphatic rings. The lowest BCUT2D eigenvalue weighted by atomic mass is 10.0. The van der Waals surface area contributed by atoms with E-state index in [2.05, 4.69) is 10.6 Å². The van der Waals surface area contributed by atoms with Crippen molar-refractivity contribution in [2.45, 2.75) is 45.2 Å². The molecule has 8 nitrogen and oxygen atoms in total. The van der Waals surface area contributed by atoms with Crippen LogP contribution in [0.1, 0.15) is 33.1 Å². The number of nitrogens with one attached hydrogen (secondary N) is 2. The zero-order chi connectivity index (χ0) is 16.7. The van der Waals surface area contributed by atoms with Crippen LogP contribution in [0.25, 0.3) is 0 Å². The molecular formula is C14H26N4O4. The first-order chi connectivity index (χ1) is 10.3. The summed E-state index contributed by atoms with van der Waals surface area (Å²) < 4.78 is 0. The Hall–Kier alpha value is -1.83. The number of rotatable bonds is 8. The standard InChI is InChI=1S/C14H26N4O4/c1-9(2)6-10(7-16-8-12(15)19)17-13(20)11-4-3-5-18(11)14(21)22/h9-11,16H,3-8H2,1-2H3,(H2,15,19)(H,17,20)(H,21,22)/t10-,11-/m0/s1. The second kappa shape index (κ2) is 8.57. The van der Waals surface area contributed by atoms with Crippen LogP contribution >= 0.6 is 0 Å². The Balaban J connectivity index is 2.57. The van der Waals surface area contributed by atoms with E-state index in [1.54, 1.807) is 0 Å². The summed E-state index contributed by atoms with van der Waals surface area (Å²) in [6.45, 7) is 4.93. The van der Waals surface area contributed by atoms with Gasteiger partial charge in [-0.2, -0.15) is 0 Å². The number of nitrogens with zero attached hydrogens (tertiary/aromatic N) is 1. The first-order valence-electron chi connectivity index (χ1n) is 7.60. The van der Waals surface area contributed by atoms with Crippen LogP contribution in [0.4, 0.5) is 4.79 Å². The Morgan fingerprint density at radius 3 is 2.59 bits per heavy atom. The van der Waals surface area contributed by atoms with Gasteiger partial charge in [-0.1, -0.05) is 13.8 Å². The molecule has 0 aromatic carbocycles. The lowest BCUT2D eigenvalue weighted by Gasteiger charge is -2.26. The normalized spacial score (nSPS) is 19.2. The number of nitrogens with two attached hydrogens (primary N) is 1. The maximum Gasteiger partial charge on any atom is 0.407 e. The van der Waals surface area contributed by atoms with Crippen LogP contribution in [0.5, 0.6) is 0 Å². The van der Waals surface area contributed by atoms with Crippen LogP contribution in [0.15, 0.2) is 0 Å². The molecule has 1 saturated heterocycles. The molecule has 0 aromatic heterocycles. The number of hydrogen-bond acceptors (Lipinski definition) is 4. The average Bonchev–Trinajstić information content (AvgIpc) is 2.86. The molecule has 0 spiro atoms. The number of carboxylic acid groups (broad SMARTS) is 1. The van der Waals surface area contributed by atoms with Crippen molar-refractivity contribution in [3.8, 4) is 0 Å². The third kappa shape index (κ3) is 5.88. The summed E-state index contributed by atoms with van der Waals surface area (Å²) in [6, 6.07) is -0.786. The zero-order valence-corrected chi connectivity index (χ0v) is 13.2. The van der Waals surface area contributed by atoms with E-state index >= 15 is 0 Å². The van der Waals surface area contributed by atoms with E-state index in [1.807, 2.05) is 13.8 Å². The maximum absolute atomic E-state index is 12.3. The summed E-state index contributed by atoms with van der Waals surface area (Å²) in [5.74, 6) is -0.367. The van der Waals surface area contributed by atoms with Gasteiger partial charge in [-0.05, 0) is 25.2 Å². The van der Waals surface area contributed by atoms with Gasteiger partial charge in [0.2, 0.25) is 11.8 Å². The maximum atomic E-state index is 12.3. The van der Waals surface area contributed by atoms with Crippen molar-refractivity contribution >= 4 is 17.9 Å². The molecule has 5 N–H and O–H groups in total. The Morgan fingerprint density at radius 2 is 2.05 bits per heavy atom. The summed E-state index contributed by atoms with van der Waals surface area (Å²) in [7, 11) is 0. The largest absolute Gasteiger partial charge is 0.465 e. The summed E-state index contributed by atoms with van der Waals surface area (Å²) in [4.78, 5) is 35.4. The Morgan fingerprint density at radius 1 is 1.36 bits per heavy atom. The second-order valence-corrected chi connectivity index (χ2v) is 6.07. The quantitative estimate of drug-likeness (QED) is 0.491. The summed E-state index contributed by atoms with van der Waals surface area (Å²) >= 11 is 0. The number of likely N-dealkylation sites (tertiary alicyclic amines) is 1. The Bertz CT molecular complexity index is 414. The molecule has 3 amide bonds. The van der Waals surface area contributed by atoms with Crippen molar-refractivity contribution in [3.63, 3.8) is 0 Å². The van der Waals surface area contributed by atoms with Crippen LogP contribution < -0.4 is 16.4 Å². The third-order valence-corrected chi connectivity index (χ3v) is 3.59. The number of hydrogen-bond donors (Lipinski definition) is 4. The highest BCUT2D eigenvalue weighted by Crippen LogP contribution is 2.18. The van der Waals surface area contributed by atoms with Gasteiger partial charge in [0, 0.05) is 19.1 Å². The minimum absolute atomic E-state index is 0.0507. The third-order valence-electron chi connectivity index (χ3n) is 3.59. The van der Waals surface area contributed by atoms with Gasteiger partial charge >= 0.3 is 6.09 Å². The lowest BCUT2D eigenvalue weighted by molar-refractivity contribution is -0.125. The highest BCUT2D eigenvalue weighted by Gasteiger charge is 2.34. The summed E-state index contributed by atoms with van der Waals surface area (Å²) in [5.41, 5.74) is 5.07. The molecule has 126 valence electrons. The molecule has 0 saturated carbocycles. The van der Waals surface area contributed by atoms with E-state index in [1.165, 1.54) is 4.90 Å². The highest BCUT2D eigenvalue weighted by atomic mass is 16.4.